The van der Waals surface area contributed by atoms with Gasteiger partial charge in [-0.1, -0.05) is 0 Å². The van der Waals surface area contributed by atoms with Gasteiger partial charge in [-0.3, -0.25) is 68.2 Å². The first-order valence-electron chi connectivity index (χ1n) is 34.5. The number of likely N-dealkylation sites (tertiary alicyclic amines) is 2. The second-order valence-corrected chi connectivity index (χ2v) is 28.9. The summed E-state index contributed by atoms with van der Waals surface area (Å²) < 4.78 is 10.9. The lowest BCUT2D eigenvalue weighted by Crippen LogP contribution is -2.54. The largest absolute Gasteiger partial charge is 0.444 e. The molecule has 0 aromatic heterocycles. The number of hydrogen-bond donors (Lipinski definition) is 2. The van der Waals surface area contributed by atoms with Crippen LogP contribution in [0.1, 0.15) is 141 Å². The van der Waals surface area contributed by atoms with Gasteiger partial charge >= 0.3 is 12.2 Å². The van der Waals surface area contributed by atoms with Crippen molar-refractivity contribution in [1.29, 1.82) is 0 Å². The number of anilines is 2. The average Bonchev–Trinajstić information content (AvgIpc) is 1.62. The van der Waals surface area contributed by atoms with Crippen LogP contribution in [0, 0.1) is 11.8 Å². The lowest BCUT2D eigenvalue weighted by molar-refractivity contribution is -0.136. The summed E-state index contributed by atoms with van der Waals surface area (Å²) in [5, 5.41) is 5.47. The lowest BCUT2D eigenvalue weighted by atomic mass is 9.92. The number of nitrogens with zero attached hydrogens (tertiary/aromatic N) is 11. The zero-order valence-corrected chi connectivity index (χ0v) is 56.6. The normalized spacial score (nSPS) is 23.6. The Bertz CT molecular complexity index is 3160. The Labute approximate surface area is 558 Å². The maximum Gasteiger partial charge on any atom is 0.410 e. The second kappa shape index (κ2) is 31.3. The molecule has 2 atom stereocenters. The van der Waals surface area contributed by atoms with E-state index in [1.54, 1.807) is 29.2 Å². The highest BCUT2D eigenvalue weighted by atomic mass is 16.6. The van der Waals surface area contributed by atoms with Crippen LogP contribution in [0.15, 0.2) is 36.4 Å². The molecule has 2 N–H and O–H groups in total. The van der Waals surface area contributed by atoms with E-state index in [1.165, 1.54) is 12.8 Å². The number of carbonyl (C=O) groups excluding carboxylic acids is 11. The van der Waals surface area contributed by atoms with E-state index in [-0.39, 0.29) is 67.7 Å². The van der Waals surface area contributed by atoms with Crippen LogP contribution >= 0.6 is 0 Å². The summed E-state index contributed by atoms with van der Waals surface area (Å²) in [7, 11) is 0. The zero-order chi connectivity index (χ0) is 67.7. The number of nitrogens with one attached hydrogen (secondary N) is 2. The smallest absolute Gasteiger partial charge is 0.410 e. The van der Waals surface area contributed by atoms with E-state index in [2.05, 4.69) is 44.9 Å². The van der Waals surface area contributed by atoms with Crippen LogP contribution in [0.5, 0.6) is 0 Å². The number of ether oxygens (including phenoxy) is 2. The van der Waals surface area contributed by atoms with Crippen molar-refractivity contribution in [1.82, 2.24) is 54.7 Å². The highest BCUT2D eigenvalue weighted by molar-refractivity contribution is 6.25. The van der Waals surface area contributed by atoms with Crippen LogP contribution in [-0.4, -0.2) is 296 Å². The Kier molecular flexibility index (Phi) is 23.3. The SMILES string of the molecule is CC(C)(C)OC(=O)N1CCN(CCN2CCC(C=O)CC2)CC1.CC(C)(C)OC(=O)N1CCN(CCN2CCC(CN3CCN(c4ccc5c(c4)C(=O)N(C4CCC(=O)CC4=O)C5=O)CC3)CC2)CC1.O=C1CCC(N2C(=O)c3ccc(N4CCNCC4)cc3C2=O)C(=O)N1. The highest BCUT2D eigenvalue weighted by Crippen LogP contribution is 2.34. The van der Waals surface area contributed by atoms with Crippen molar-refractivity contribution in [3.63, 3.8) is 0 Å². The molecule has 0 spiro atoms. The van der Waals surface area contributed by atoms with Crippen molar-refractivity contribution in [3.05, 3.63) is 58.7 Å². The van der Waals surface area contributed by atoms with Gasteiger partial charge in [-0.05, 0) is 149 Å². The van der Waals surface area contributed by atoms with Crippen LogP contribution in [0.3, 0.4) is 0 Å². The number of piperazine rings is 4. The standard InChI is InChI=1S/C35H50N6O6.C17H18N4O4.C17H31N3O3/c1-35(2,3)47-34(46)40-20-14-37(15-21-40)13-12-36-10-8-25(9-11-36)24-38-16-18-39(19-17-38)26-4-6-28-29(22-26)33(45)41(32(28)44)30-7-5-27(42)23-31(30)43;22-14-4-3-13(15(23)19-14)21-16(24)11-2-1-10(9-12(11)17(21)25)20-7-5-18-6-8-20;1-17(2,3)23-16(22)20-12-10-19(11-13-20)9-8-18-6-4-15(14-21)5-7-18/h4,6,22,25,30H,5,7-21,23-24H2,1-3H3;1-2,9,13,18H,3-8H2,(H,19,22,23);14-15H,4-13H2,1-3H3. The molecule has 8 fully saturated rings. The number of rotatable bonds is 13. The third-order valence-electron chi connectivity index (χ3n) is 19.9. The maximum atomic E-state index is 13.3. The molecule has 10 aliphatic rings. The van der Waals surface area contributed by atoms with Gasteiger partial charge in [0.05, 0.1) is 34.7 Å². The second-order valence-electron chi connectivity index (χ2n) is 28.9. The third-order valence-corrected chi connectivity index (χ3v) is 19.9. The Morgan fingerprint density at radius 1 is 0.484 bits per heavy atom. The summed E-state index contributed by atoms with van der Waals surface area (Å²) in [6, 6.07) is 8.88. The van der Waals surface area contributed by atoms with E-state index in [1.807, 2.05) is 58.6 Å². The van der Waals surface area contributed by atoms with Crippen molar-refractivity contribution in [2.45, 2.75) is 123 Å². The van der Waals surface area contributed by atoms with Crippen LogP contribution in [0.4, 0.5) is 21.0 Å². The summed E-state index contributed by atoms with van der Waals surface area (Å²) >= 11 is 0. The topological polar surface area (TPSA) is 266 Å². The number of ketones is 2. The fraction of sp³-hybridized carbons (Fsp3) is 0.667. The van der Waals surface area contributed by atoms with Gasteiger partial charge in [0.2, 0.25) is 11.8 Å². The number of Topliss-reactive ketones (excluding diaryl/α,β-unsaturated/α-hetero) is 2. The van der Waals surface area contributed by atoms with Gasteiger partial charge in [-0.25, -0.2) is 9.59 Å². The van der Waals surface area contributed by atoms with E-state index in [0.29, 0.717) is 28.2 Å². The van der Waals surface area contributed by atoms with Crippen molar-refractivity contribution >= 4 is 76.9 Å². The monoisotopic (exact) mass is 1320 g/mol. The summed E-state index contributed by atoms with van der Waals surface area (Å²) in [6.07, 6.45) is 5.63. The molecule has 2 unspecified atom stereocenters. The van der Waals surface area contributed by atoms with Crippen LogP contribution < -0.4 is 20.4 Å². The molecular formula is C69H99N13O13. The molecule has 26 heteroatoms. The maximum absolute atomic E-state index is 13.3. The first-order valence-corrected chi connectivity index (χ1v) is 34.5. The number of carbonyl (C=O) groups is 11. The summed E-state index contributed by atoms with van der Waals surface area (Å²) in [6.45, 7) is 34.6. The molecule has 9 aliphatic heterocycles. The third kappa shape index (κ3) is 18.3. The van der Waals surface area contributed by atoms with E-state index in [9.17, 15) is 52.7 Å². The molecule has 1 aliphatic carbocycles. The molecule has 12 rings (SSSR count). The van der Waals surface area contributed by atoms with Gasteiger partial charge in [0.15, 0.2) is 5.78 Å². The van der Waals surface area contributed by atoms with Crippen molar-refractivity contribution in [3.8, 4) is 0 Å². The quantitative estimate of drug-likeness (QED) is 0.166. The molecule has 2 aromatic carbocycles. The first-order chi connectivity index (χ1) is 45.4. The lowest BCUT2D eigenvalue weighted by Gasteiger charge is -2.40. The van der Waals surface area contributed by atoms with Gasteiger partial charge in [-0.15, -0.1) is 0 Å². The Balaban J connectivity index is 0.000000172. The van der Waals surface area contributed by atoms with Crippen molar-refractivity contribution in [2.24, 2.45) is 11.8 Å². The molecule has 9 heterocycles. The average molecular weight is 1320 g/mol. The molecule has 7 saturated heterocycles. The predicted molar refractivity (Wildman–Crippen MR) is 354 cm³/mol. The van der Waals surface area contributed by atoms with Gasteiger partial charge in [0.25, 0.3) is 23.6 Å². The number of benzene rings is 2. The molecule has 0 radical (unpaired) electrons. The molecule has 0 bridgehead atoms. The van der Waals surface area contributed by atoms with Gasteiger partial charge in [0.1, 0.15) is 29.3 Å². The number of piperidine rings is 3. The minimum atomic E-state index is -0.923. The van der Waals surface area contributed by atoms with Crippen LogP contribution in [0.25, 0.3) is 0 Å². The fourth-order valence-electron chi connectivity index (χ4n) is 14.2. The van der Waals surface area contributed by atoms with Gasteiger partial charge < -0.3 is 49.0 Å². The zero-order valence-electron chi connectivity index (χ0n) is 56.6. The highest BCUT2D eigenvalue weighted by Gasteiger charge is 2.47. The Morgan fingerprint density at radius 3 is 1.36 bits per heavy atom. The number of amides is 8. The molecule has 95 heavy (non-hydrogen) atoms. The number of hydrogen-bond acceptors (Lipinski definition) is 21. The van der Waals surface area contributed by atoms with Crippen molar-refractivity contribution < 1.29 is 62.2 Å². The molecule has 26 nitrogen and oxygen atoms in total. The minimum Gasteiger partial charge on any atom is -0.444 e. The first kappa shape index (κ1) is 70.6. The molecule has 1 saturated carbocycles. The van der Waals surface area contributed by atoms with E-state index >= 15 is 0 Å². The number of imide groups is 3. The fourth-order valence-corrected chi connectivity index (χ4v) is 14.2. The molecular weight excluding hydrogens is 1220 g/mol. The van der Waals surface area contributed by atoms with E-state index in [4.69, 9.17) is 9.47 Å². The van der Waals surface area contributed by atoms with Crippen LogP contribution in [0.2, 0.25) is 0 Å². The minimum absolute atomic E-state index is 0.121. The molecule has 8 amide bonds. The molecule has 2 aromatic rings. The number of fused-ring (bicyclic) bond motifs is 2. The Hall–Kier alpha value is -7.23. The van der Waals surface area contributed by atoms with Crippen LogP contribution in [-0.2, 0) is 33.4 Å². The van der Waals surface area contributed by atoms with Gasteiger partial charge in [-0.2, -0.15) is 0 Å². The summed E-state index contributed by atoms with van der Waals surface area (Å²) in [5.74, 6) is -2.27. The van der Waals surface area contributed by atoms with E-state index < -0.39 is 52.8 Å². The predicted octanol–water partition coefficient (Wildman–Crippen LogP) is 3.31. The number of aldehydes is 1. The summed E-state index contributed by atoms with van der Waals surface area (Å²) in [4.78, 5) is 157. The Morgan fingerprint density at radius 2 is 0.905 bits per heavy atom. The summed E-state index contributed by atoms with van der Waals surface area (Å²) in [5.41, 5.74) is 2.27. The van der Waals surface area contributed by atoms with E-state index in [0.717, 1.165) is 204 Å². The van der Waals surface area contributed by atoms with Crippen molar-refractivity contribution in [2.75, 3.05) is 173 Å². The molecule has 518 valence electrons. The van der Waals surface area contributed by atoms with Gasteiger partial charge in [0, 0.05) is 168 Å².